The van der Waals surface area contributed by atoms with E-state index >= 15 is 0 Å². The van der Waals surface area contributed by atoms with Crippen molar-refractivity contribution in [3.63, 3.8) is 0 Å². The zero-order valence-electron chi connectivity index (χ0n) is 13.9. The number of nitrogens with one attached hydrogen (secondary N) is 1. The lowest BCUT2D eigenvalue weighted by Crippen LogP contribution is -2.41. The Morgan fingerprint density at radius 2 is 1.86 bits per heavy atom. The van der Waals surface area contributed by atoms with E-state index in [-0.39, 0.29) is 36.1 Å². The Kier molecular flexibility index (Phi) is 6.24. The molecule has 2 N–H and O–H groups in total. The number of hydrogen-bond donors (Lipinski definition) is 2. The van der Waals surface area contributed by atoms with E-state index in [9.17, 15) is 14.7 Å². The summed E-state index contributed by atoms with van der Waals surface area (Å²) in [6, 6.07) is 0.0411. The molecule has 0 aromatic heterocycles. The van der Waals surface area contributed by atoms with Crippen molar-refractivity contribution in [1.29, 1.82) is 0 Å². The molecule has 2 unspecified atom stereocenters. The fourth-order valence-corrected chi connectivity index (χ4v) is 3.40. The lowest BCUT2D eigenvalue weighted by molar-refractivity contribution is -0.135. The normalized spacial score (nSPS) is 24.5. The average Bonchev–Trinajstić information content (AvgIpc) is 2.95. The van der Waals surface area contributed by atoms with Gasteiger partial charge in [-0.1, -0.05) is 33.1 Å². The van der Waals surface area contributed by atoms with Crippen LogP contribution in [0.4, 0.5) is 0 Å². The van der Waals surface area contributed by atoms with Gasteiger partial charge in [-0.05, 0) is 25.2 Å². The molecule has 1 aliphatic carbocycles. The Bertz CT molecular complexity index is 391. The Morgan fingerprint density at radius 3 is 2.50 bits per heavy atom. The highest BCUT2D eigenvalue weighted by molar-refractivity contribution is 5.80. The van der Waals surface area contributed by atoms with Gasteiger partial charge in [-0.25, -0.2) is 0 Å². The highest BCUT2D eigenvalue weighted by Crippen LogP contribution is 2.26. The molecule has 2 atom stereocenters. The first-order chi connectivity index (χ1) is 10.5. The van der Waals surface area contributed by atoms with Crippen LogP contribution < -0.4 is 5.32 Å². The predicted molar refractivity (Wildman–Crippen MR) is 85.2 cm³/mol. The molecule has 2 amide bonds. The van der Waals surface area contributed by atoms with Gasteiger partial charge in [0, 0.05) is 25.0 Å². The molecule has 126 valence electrons. The number of likely N-dealkylation sites (tertiary alicyclic amines) is 1. The molecule has 1 heterocycles. The monoisotopic (exact) mass is 310 g/mol. The number of aliphatic hydroxyl groups excluding tert-OH is 1. The zero-order valence-corrected chi connectivity index (χ0v) is 13.9. The molecule has 5 nitrogen and oxygen atoms in total. The molecule has 1 saturated carbocycles. The first-order valence-electron chi connectivity index (χ1n) is 8.73. The fraction of sp³-hybridized carbons (Fsp3) is 0.882. The van der Waals surface area contributed by atoms with Crippen LogP contribution in [-0.2, 0) is 9.59 Å². The maximum atomic E-state index is 12.5. The predicted octanol–water partition coefficient (Wildman–Crippen LogP) is 1.69. The molecule has 1 aliphatic heterocycles. The Labute approximate surface area is 133 Å². The van der Waals surface area contributed by atoms with Gasteiger partial charge < -0.3 is 15.3 Å². The summed E-state index contributed by atoms with van der Waals surface area (Å²) in [7, 11) is 0. The second-order valence-corrected chi connectivity index (χ2v) is 7.19. The van der Waals surface area contributed by atoms with Crippen LogP contribution in [0.25, 0.3) is 0 Å². The molecular formula is C17H30N2O3. The van der Waals surface area contributed by atoms with E-state index in [1.54, 1.807) is 0 Å². The maximum Gasteiger partial charge on any atom is 0.225 e. The molecule has 2 aliphatic rings. The van der Waals surface area contributed by atoms with Crippen LogP contribution in [-0.4, -0.2) is 47.1 Å². The number of carbonyl (C=O) groups is 2. The Balaban J connectivity index is 1.75. The van der Waals surface area contributed by atoms with Crippen molar-refractivity contribution >= 4 is 11.8 Å². The van der Waals surface area contributed by atoms with Gasteiger partial charge in [-0.3, -0.25) is 9.59 Å². The molecule has 0 aromatic rings. The summed E-state index contributed by atoms with van der Waals surface area (Å²) in [5, 5.41) is 12.7. The molecule has 0 aromatic carbocycles. The molecule has 22 heavy (non-hydrogen) atoms. The lowest BCUT2D eigenvalue weighted by Gasteiger charge is -2.26. The number of carbonyl (C=O) groups excluding carboxylic acids is 2. The number of hydrogen-bond acceptors (Lipinski definition) is 3. The third kappa shape index (κ3) is 4.70. The van der Waals surface area contributed by atoms with E-state index in [4.69, 9.17) is 0 Å². The summed E-state index contributed by atoms with van der Waals surface area (Å²) < 4.78 is 0. The van der Waals surface area contributed by atoms with Gasteiger partial charge >= 0.3 is 0 Å². The van der Waals surface area contributed by atoms with E-state index in [0.29, 0.717) is 6.54 Å². The van der Waals surface area contributed by atoms with E-state index < -0.39 is 6.10 Å². The van der Waals surface area contributed by atoms with E-state index in [1.165, 1.54) is 6.42 Å². The third-order valence-electron chi connectivity index (χ3n) is 4.98. The number of aliphatic hydroxyl groups is 1. The summed E-state index contributed by atoms with van der Waals surface area (Å²) in [5.74, 6) is 0.446. The van der Waals surface area contributed by atoms with Crippen LogP contribution >= 0.6 is 0 Å². The fourth-order valence-electron chi connectivity index (χ4n) is 3.40. The maximum absolute atomic E-state index is 12.5. The molecular weight excluding hydrogens is 280 g/mol. The van der Waals surface area contributed by atoms with E-state index in [1.807, 2.05) is 18.7 Å². The lowest BCUT2D eigenvalue weighted by atomic mass is 9.88. The van der Waals surface area contributed by atoms with Crippen LogP contribution in [0.5, 0.6) is 0 Å². The summed E-state index contributed by atoms with van der Waals surface area (Å²) in [6.07, 6.45) is 5.99. The largest absolute Gasteiger partial charge is 0.392 e. The quantitative estimate of drug-likeness (QED) is 0.812. The van der Waals surface area contributed by atoms with Crippen molar-refractivity contribution in [3.05, 3.63) is 0 Å². The Hall–Kier alpha value is -1.10. The highest BCUT2D eigenvalue weighted by atomic mass is 16.3. The first kappa shape index (κ1) is 17.3. The van der Waals surface area contributed by atoms with Gasteiger partial charge in [0.1, 0.15) is 0 Å². The standard InChI is InChI=1S/C17H30N2O3/c1-12(2)15(20)10-16(21)18-14-8-9-19(11-14)17(22)13-6-4-3-5-7-13/h12-15,20H,3-11H2,1-2H3,(H,18,21). The van der Waals surface area contributed by atoms with Crippen molar-refractivity contribution in [3.8, 4) is 0 Å². The number of nitrogens with zero attached hydrogens (tertiary/aromatic N) is 1. The molecule has 5 heteroatoms. The van der Waals surface area contributed by atoms with Crippen LogP contribution in [0, 0.1) is 11.8 Å². The minimum Gasteiger partial charge on any atom is -0.392 e. The van der Waals surface area contributed by atoms with Crippen molar-refractivity contribution in [2.24, 2.45) is 11.8 Å². The second-order valence-electron chi connectivity index (χ2n) is 7.19. The van der Waals surface area contributed by atoms with Crippen LogP contribution in [0.2, 0.25) is 0 Å². The molecule has 2 fully saturated rings. The first-order valence-corrected chi connectivity index (χ1v) is 8.73. The number of rotatable bonds is 5. The molecule has 0 spiro atoms. The number of amides is 2. The van der Waals surface area contributed by atoms with Crippen LogP contribution in [0.1, 0.15) is 58.8 Å². The highest BCUT2D eigenvalue weighted by Gasteiger charge is 2.32. The minimum absolute atomic E-state index is 0.0411. The van der Waals surface area contributed by atoms with Crippen molar-refractivity contribution in [1.82, 2.24) is 10.2 Å². The topological polar surface area (TPSA) is 69.6 Å². The van der Waals surface area contributed by atoms with Crippen LogP contribution in [0.15, 0.2) is 0 Å². The van der Waals surface area contributed by atoms with Gasteiger partial charge in [-0.2, -0.15) is 0 Å². The average molecular weight is 310 g/mol. The molecule has 1 saturated heterocycles. The van der Waals surface area contributed by atoms with Crippen LogP contribution in [0.3, 0.4) is 0 Å². The van der Waals surface area contributed by atoms with Crippen molar-refractivity contribution in [2.75, 3.05) is 13.1 Å². The van der Waals surface area contributed by atoms with E-state index in [0.717, 1.165) is 38.6 Å². The summed E-state index contributed by atoms with van der Waals surface area (Å²) >= 11 is 0. The van der Waals surface area contributed by atoms with Gasteiger partial charge in [0.05, 0.1) is 12.5 Å². The second kappa shape index (κ2) is 7.95. The Morgan fingerprint density at radius 1 is 1.18 bits per heavy atom. The smallest absolute Gasteiger partial charge is 0.225 e. The molecule has 0 bridgehead atoms. The van der Waals surface area contributed by atoms with Gasteiger partial charge in [-0.15, -0.1) is 0 Å². The SMILES string of the molecule is CC(C)C(O)CC(=O)NC1CCN(C(=O)C2CCCCC2)C1. The third-order valence-corrected chi connectivity index (χ3v) is 4.98. The van der Waals surface area contributed by atoms with Crippen molar-refractivity contribution in [2.45, 2.75) is 70.9 Å². The summed E-state index contributed by atoms with van der Waals surface area (Å²) in [4.78, 5) is 26.3. The van der Waals surface area contributed by atoms with Crippen molar-refractivity contribution < 1.29 is 14.7 Å². The van der Waals surface area contributed by atoms with Gasteiger partial charge in [0.25, 0.3) is 0 Å². The zero-order chi connectivity index (χ0) is 16.1. The molecule has 2 rings (SSSR count). The van der Waals surface area contributed by atoms with Gasteiger partial charge in [0.15, 0.2) is 0 Å². The minimum atomic E-state index is -0.596. The summed E-state index contributed by atoms with van der Waals surface area (Å²) in [6.45, 7) is 5.17. The van der Waals surface area contributed by atoms with Gasteiger partial charge in [0.2, 0.25) is 11.8 Å². The summed E-state index contributed by atoms with van der Waals surface area (Å²) in [5.41, 5.74) is 0. The molecule has 0 radical (unpaired) electrons. The van der Waals surface area contributed by atoms with E-state index in [2.05, 4.69) is 5.32 Å².